The zero-order valence-corrected chi connectivity index (χ0v) is 12.8. The van der Waals surface area contributed by atoms with Crippen LogP contribution in [0.2, 0.25) is 0 Å². The molecule has 0 amide bonds. The SMILES string of the molecule is CCCCCn1c(C2CCCO2)nc2ccccc21.[Cl-]. The van der Waals surface area contributed by atoms with Gasteiger partial charge in [-0.3, -0.25) is 0 Å². The maximum Gasteiger partial charge on any atom is 0.139 e. The highest BCUT2D eigenvalue weighted by Crippen LogP contribution is 2.30. The summed E-state index contributed by atoms with van der Waals surface area (Å²) in [4.78, 5) is 4.81. The third kappa shape index (κ3) is 2.99. The monoisotopic (exact) mass is 293 g/mol. The van der Waals surface area contributed by atoms with Crippen LogP contribution in [-0.2, 0) is 11.3 Å². The van der Waals surface area contributed by atoms with Crippen molar-refractivity contribution in [2.45, 2.75) is 51.7 Å². The van der Waals surface area contributed by atoms with Gasteiger partial charge in [-0.25, -0.2) is 4.98 Å². The van der Waals surface area contributed by atoms with Crippen molar-refractivity contribution < 1.29 is 17.1 Å². The maximum absolute atomic E-state index is 5.83. The van der Waals surface area contributed by atoms with Crippen molar-refractivity contribution in [2.24, 2.45) is 0 Å². The molecule has 1 aromatic carbocycles. The van der Waals surface area contributed by atoms with E-state index >= 15 is 0 Å². The highest BCUT2D eigenvalue weighted by Gasteiger charge is 2.24. The average Bonchev–Trinajstić information content (AvgIpc) is 3.06. The second-order valence-corrected chi connectivity index (χ2v) is 5.32. The van der Waals surface area contributed by atoms with Gasteiger partial charge in [0.05, 0.1) is 11.0 Å². The van der Waals surface area contributed by atoms with E-state index in [1.165, 1.54) is 24.8 Å². The number of nitrogens with zero attached hydrogens (tertiary/aromatic N) is 2. The lowest BCUT2D eigenvalue weighted by atomic mass is 10.2. The Kier molecular flexibility index (Phi) is 5.44. The number of unbranched alkanes of at least 4 members (excludes halogenated alkanes) is 2. The molecule has 0 radical (unpaired) electrons. The minimum atomic E-state index is 0. The number of aromatic nitrogens is 2. The van der Waals surface area contributed by atoms with Gasteiger partial charge in [-0.1, -0.05) is 31.9 Å². The van der Waals surface area contributed by atoms with Gasteiger partial charge in [0.15, 0.2) is 0 Å². The predicted molar refractivity (Wildman–Crippen MR) is 77.2 cm³/mol. The summed E-state index contributed by atoms with van der Waals surface area (Å²) in [5, 5.41) is 0. The number of para-hydroxylation sites is 2. The lowest BCUT2D eigenvalue weighted by Crippen LogP contribution is -3.00. The van der Waals surface area contributed by atoms with Crippen LogP contribution in [0, 0.1) is 0 Å². The Morgan fingerprint density at radius 1 is 1.30 bits per heavy atom. The Morgan fingerprint density at radius 2 is 2.15 bits per heavy atom. The van der Waals surface area contributed by atoms with Gasteiger partial charge in [0.1, 0.15) is 11.9 Å². The molecule has 20 heavy (non-hydrogen) atoms. The molecule has 3 nitrogen and oxygen atoms in total. The van der Waals surface area contributed by atoms with Crippen LogP contribution in [0.3, 0.4) is 0 Å². The van der Waals surface area contributed by atoms with Crippen LogP contribution in [0.25, 0.3) is 11.0 Å². The Morgan fingerprint density at radius 3 is 2.90 bits per heavy atom. The fourth-order valence-electron chi connectivity index (χ4n) is 2.88. The topological polar surface area (TPSA) is 27.1 Å². The molecule has 0 N–H and O–H groups in total. The third-order valence-corrected chi connectivity index (χ3v) is 3.89. The summed E-state index contributed by atoms with van der Waals surface area (Å²) >= 11 is 0. The van der Waals surface area contributed by atoms with Crippen molar-refractivity contribution in [2.75, 3.05) is 6.61 Å². The minimum absolute atomic E-state index is 0. The number of ether oxygens (including phenoxy) is 1. The second-order valence-electron chi connectivity index (χ2n) is 5.32. The molecule has 4 heteroatoms. The maximum atomic E-state index is 5.83. The van der Waals surface area contributed by atoms with Crippen LogP contribution in [0.15, 0.2) is 24.3 Å². The molecule has 1 fully saturated rings. The third-order valence-electron chi connectivity index (χ3n) is 3.89. The molecule has 1 aromatic heterocycles. The van der Waals surface area contributed by atoms with Crippen LogP contribution < -0.4 is 12.4 Å². The van der Waals surface area contributed by atoms with E-state index in [9.17, 15) is 0 Å². The highest BCUT2D eigenvalue weighted by atomic mass is 35.5. The zero-order chi connectivity index (χ0) is 13.1. The van der Waals surface area contributed by atoms with Crippen molar-refractivity contribution >= 4 is 11.0 Å². The molecule has 1 aliphatic rings. The van der Waals surface area contributed by atoms with E-state index in [4.69, 9.17) is 9.72 Å². The summed E-state index contributed by atoms with van der Waals surface area (Å²) in [6.45, 7) is 4.18. The number of benzene rings is 1. The minimum Gasteiger partial charge on any atom is -1.00 e. The molecule has 2 aromatic rings. The molecule has 0 spiro atoms. The molecule has 3 rings (SSSR count). The van der Waals surface area contributed by atoms with Gasteiger partial charge in [-0.15, -0.1) is 0 Å². The number of rotatable bonds is 5. The molecule has 1 atom stereocenters. The fourth-order valence-corrected chi connectivity index (χ4v) is 2.88. The first-order chi connectivity index (χ1) is 9.40. The first-order valence-corrected chi connectivity index (χ1v) is 7.47. The van der Waals surface area contributed by atoms with Crippen molar-refractivity contribution in [3.63, 3.8) is 0 Å². The summed E-state index contributed by atoms with van der Waals surface area (Å²) in [6.07, 6.45) is 6.21. The smallest absolute Gasteiger partial charge is 0.139 e. The zero-order valence-electron chi connectivity index (χ0n) is 12.0. The van der Waals surface area contributed by atoms with E-state index in [0.29, 0.717) is 0 Å². The van der Waals surface area contributed by atoms with Gasteiger partial charge in [0.25, 0.3) is 0 Å². The van der Waals surface area contributed by atoms with Crippen molar-refractivity contribution in [1.82, 2.24) is 9.55 Å². The Balaban J connectivity index is 0.00000147. The van der Waals surface area contributed by atoms with Crippen LogP contribution in [0.1, 0.15) is 51.0 Å². The summed E-state index contributed by atoms with van der Waals surface area (Å²) in [5.41, 5.74) is 2.36. The summed E-state index contributed by atoms with van der Waals surface area (Å²) in [7, 11) is 0. The number of halogens is 1. The van der Waals surface area contributed by atoms with Crippen LogP contribution in [0.4, 0.5) is 0 Å². The van der Waals surface area contributed by atoms with E-state index in [1.54, 1.807) is 0 Å². The molecular weight excluding hydrogens is 272 g/mol. The van der Waals surface area contributed by atoms with Gasteiger partial charge in [-0.2, -0.15) is 0 Å². The largest absolute Gasteiger partial charge is 1.00 e. The van der Waals surface area contributed by atoms with Crippen molar-refractivity contribution in [1.29, 1.82) is 0 Å². The quantitative estimate of drug-likeness (QED) is 0.772. The molecule has 2 heterocycles. The molecule has 0 aliphatic carbocycles. The summed E-state index contributed by atoms with van der Waals surface area (Å²) < 4.78 is 8.21. The van der Waals surface area contributed by atoms with Gasteiger partial charge in [0, 0.05) is 13.2 Å². The van der Waals surface area contributed by atoms with Gasteiger partial charge in [-0.05, 0) is 31.4 Å². The van der Waals surface area contributed by atoms with E-state index in [2.05, 4.69) is 35.8 Å². The Hall–Kier alpha value is -1.06. The van der Waals surface area contributed by atoms with Crippen LogP contribution in [-0.4, -0.2) is 16.2 Å². The Labute approximate surface area is 126 Å². The van der Waals surface area contributed by atoms with E-state index in [-0.39, 0.29) is 18.5 Å². The van der Waals surface area contributed by atoms with Crippen LogP contribution in [0.5, 0.6) is 0 Å². The van der Waals surface area contributed by atoms with Gasteiger partial charge in [0.2, 0.25) is 0 Å². The standard InChI is InChI=1S/C16H22N2O.ClH/c1-2-3-6-11-18-14-9-5-4-8-13(14)17-16(18)15-10-7-12-19-15;/h4-5,8-9,15H,2-3,6-7,10-12H2,1H3;1H/p-1. The molecule has 1 aliphatic heterocycles. The molecular formula is C16H22ClN2O-. The molecule has 1 unspecified atom stereocenters. The van der Waals surface area contributed by atoms with E-state index in [1.807, 2.05) is 0 Å². The van der Waals surface area contributed by atoms with Gasteiger partial charge >= 0.3 is 0 Å². The number of hydrogen-bond donors (Lipinski definition) is 0. The molecule has 0 bridgehead atoms. The lowest BCUT2D eigenvalue weighted by Gasteiger charge is -2.13. The normalized spacial score (nSPS) is 18.4. The summed E-state index contributed by atoms with van der Waals surface area (Å²) in [6, 6.07) is 8.43. The van der Waals surface area contributed by atoms with Gasteiger partial charge < -0.3 is 21.7 Å². The van der Waals surface area contributed by atoms with Crippen LogP contribution >= 0.6 is 0 Å². The lowest BCUT2D eigenvalue weighted by molar-refractivity contribution is -0.00000499. The molecule has 1 saturated heterocycles. The number of fused-ring (bicyclic) bond motifs is 1. The predicted octanol–water partition coefficient (Wildman–Crippen LogP) is 1.08. The number of hydrogen-bond acceptors (Lipinski definition) is 2. The number of aryl methyl sites for hydroxylation is 1. The fraction of sp³-hybridized carbons (Fsp3) is 0.562. The Bertz CT molecular complexity index is 546. The number of imidazole rings is 1. The van der Waals surface area contributed by atoms with E-state index < -0.39 is 0 Å². The highest BCUT2D eigenvalue weighted by molar-refractivity contribution is 5.76. The first kappa shape index (κ1) is 15.3. The average molecular weight is 294 g/mol. The molecule has 110 valence electrons. The molecule has 0 saturated carbocycles. The van der Waals surface area contributed by atoms with E-state index in [0.717, 1.165) is 37.3 Å². The summed E-state index contributed by atoms with van der Waals surface area (Å²) in [5.74, 6) is 1.13. The second kappa shape index (κ2) is 7.09. The first-order valence-electron chi connectivity index (χ1n) is 7.47. The van der Waals surface area contributed by atoms with Crippen molar-refractivity contribution in [3.05, 3.63) is 30.1 Å². The van der Waals surface area contributed by atoms with Crippen molar-refractivity contribution in [3.8, 4) is 0 Å².